The zero-order valence-corrected chi connectivity index (χ0v) is 13.0. The monoisotopic (exact) mass is 320 g/mol. The summed E-state index contributed by atoms with van der Waals surface area (Å²) in [6.45, 7) is -1.04. The molecule has 4 heteroatoms. The van der Waals surface area contributed by atoms with Crippen LogP contribution in [0, 0.1) is 0 Å². The number of carbonyl (C=O) groups is 1. The number of anilines is 3. The highest BCUT2D eigenvalue weighted by Crippen LogP contribution is 2.30. The highest BCUT2D eigenvalue weighted by Gasteiger charge is 2.08. The van der Waals surface area contributed by atoms with Gasteiger partial charge in [0.1, 0.15) is 0 Å². The van der Waals surface area contributed by atoms with Gasteiger partial charge in [0.15, 0.2) is 6.67 Å². The minimum Gasteiger partial charge on any atom is -0.356 e. The van der Waals surface area contributed by atoms with Gasteiger partial charge in [-0.05, 0) is 35.9 Å². The van der Waals surface area contributed by atoms with E-state index in [0.717, 1.165) is 22.5 Å². The molecule has 0 aromatic heterocycles. The van der Waals surface area contributed by atoms with Crippen LogP contribution in [-0.4, -0.2) is 12.6 Å². The third-order valence-electron chi connectivity index (χ3n) is 3.56. The largest absolute Gasteiger partial charge is 0.356 e. The molecule has 0 fully saturated rings. The van der Waals surface area contributed by atoms with E-state index in [2.05, 4.69) is 10.6 Å². The molecular formula is C20H17FN2O. The molecule has 0 unspecified atom stereocenters. The molecule has 0 bridgehead atoms. The number of rotatable bonds is 5. The average Bonchev–Trinajstić information content (AvgIpc) is 2.63. The number of para-hydroxylation sites is 2. The lowest BCUT2D eigenvalue weighted by Gasteiger charge is -2.12. The molecule has 3 nitrogen and oxygen atoms in total. The van der Waals surface area contributed by atoms with Crippen molar-refractivity contribution < 1.29 is 9.18 Å². The Morgan fingerprint density at radius 1 is 0.833 bits per heavy atom. The summed E-state index contributed by atoms with van der Waals surface area (Å²) in [6, 6.07) is 25.1. The van der Waals surface area contributed by atoms with Crippen molar-refractivity contribution in [2.75, 3.05) is 17.3 Å². The van der Waals surface area contributed by atoms with Crippen molar-refractivity contribution in [2.24, 2.45) is 0 Å². The van der Waals surface area contributed by atoms with E-state index in [0.29, 0.717) is 5.69 Å². The lowest BCUT2D eigenvalue weighted by Crippen LogP contribution is -2.13. The molecule has 3 aromatic carbocycles. The molecule has 24 heavy (non-hydrogen) atoms. The van der Waals surface area contributed by atoms with Gasteiger partial charge >= 0.3 is 0 Å². The van der Waals surface area contributed by atoms with Crippen LogP contribution in [0.2, 0.25) is 0 Å². The van der Waals surface area contributed by atoms with Crippen molar-refractivity contribution in [1.29, 1.82) is 0 Å². The number of carbonyl (C=O) groups excluding carboxylic acids is 1. The molecule has 3 aromatic rings. The van der Waals surface area contributed by atoms with E-state index in [-0.39, 0.29) is 0 Å². The summed E-state index contributed by atoms with van der Waals surface area (Å²) in [5.74, 6) is -0.652. The van der Waals surface area contributed by atoms with Gasteiger partial charge in [0.25, 0.3) is 5.91 Å². The first-order chi connectivity index (χ1) is 11.8. The molecule has 0 atom stereocenters. The van der Waals surface area contributed by atoms with Crippen molar-refractivity contribution in [3.05, 3.63) is 78.9 Å². The minimum absolute atomic E-state index is 0.594. The third kappa shape index (κ3) is 3.79. The van der Waals surface area contributed by atoms with Gasteiger partial charge in [-0.15, -0.1) is 0 Å². The van der Waals surface area contributed by atoms with E-state index in [4.69, 9.17) is 0 Å². The fourth-order valence-corrected chi connectivity index (χ4v) is 2.48. The second kappa shape index (κ2) is 7.42. The van der Waals surface area contributed by atoms with Crippen LogP contribution in [-0.2, 0) is 4.79 Å². The van der Waals surface area contributed by atoms with Crippen LogP contribution in [0.4, 0.5) is 21.5 Å². The Kier molecular flexibility index (Phi) is 4.87. The van der Waals surface area contributed by atoms with E-state index >= 15 is 0 Å². The summed E-state index contributed by atoms with van der Waals surface area (Å²) < 4.78 is 12.5. The molecule has 0 heterocycles. The molecule has 120 valence electrons. The molecule has 0 saturated carbocycles. The highest BCUT2D eigenvalue weighted by atomic mass is 19.1. The SMILES string of the molecule is O=C(CF)Nc1ccccc1-c1cccc(Nc2ccccc2)c1. The van der Waals surface area contributed by atoms with Gasteiger partial charge in [-0.1, -0.05) is 48.5 Å². The molecule has 0 saturated heterocycles. The van der Waals surface area contributed by atoms with Gasteiger partial charge < -0.3 is 10.6 Å². The van der Waals surface area contributed by atoms with Gasteiger partial charge in [0.2, 0.25) is 0 Å². The Labute approximate surface area is 140 Å². The van der Waals surface area contributed by atoms with E-state index < -0.39 is 12.6 Å². The molecule has 2 N–H and O–H groups in total. The maximum absolute atomic E-state index is 12.5. The predicted molar refractivity (Wildman–Crippen MR) is 96.2 cm³/mol. The van der Waals surface area contributed by atoms with Crippen LogP contribution in [0.5, 0.6) is 0 Å². The Balaban J connectivity index is 1.90. The zero-order valence-electron chi connectivity index (χ0n) is 13.0. The quantitative estimate of drug-likeness (QED) is 0.694. The topological polar surface area (TPSA) is 41.1 Å². The van der Waals surface area contributed by atoms with Crippen molar-refractivity contribution in [3.8, 4) is 11.1 Å². The van der Waals surface area contributed by atoms with Crippen molar-refractivity contribution in [1.82, 2.24) is 0 Å². The third-order valence-corrected chi connectivity index (χ3v) is 3.56. The van der Waals surface area contributed by atoms with Crippen molar-refractivity contribution in [2.45, 2.75) is 0 Å². The van der Waals surface area contributed by atoms with Crippen molar-refractivity contribution >= 4 is 23.0 Å². The van der Waals surface area contributed by atoms with Crippen LogP contribution >= 0.6 is 0 Å². The number of hydrogen-bond acceptors (Lipinski definition) is 2. The van der Waals surface area contributed by atoms with E-state index in [1.54, 1.807) is 6.07 Å². The van der Waals surface area contributed by atoms with Gasteiger partial charge in [0, 0.05) is 22.6 Å². The van der Waals surface area contributed by atoms with E-state index in [1.165, 1.54) is 0 Å². The predicted octanol–water partition coefficient (Wildman–Crippen LogP) is 5.01. The smallest absolute Gasteiger partial charge is 0.255 e. The Hall–Kier alpha value is -3.14. The Morgan fingerprint density at radius 3 is 2.33 bits per heavy atom. The number of amides is 1. The molecule has 0 aliphatic carbocycles. The van der Waals surface area contributed by atoms with Gasteiger partial charge in [-0.2, -0.15) is 0 Å². The van der Waals surface area contributed by atoms with Crippen LogP contribution in [0.3, 0.4) is 0 Å². The number of nitrogens with one attached hydrogen (secondary N) is 2. The van der Waals surface area contributed by atoms with Crippen LogP contribution < -0.4 is 10.6 Å². The lowest BCUT2D eigenvalue weighted by atomic mass is 10.0. The summed E-state index contributed by atoms with van der Waals surface area (Å²) in [7, 11) is 0. The first-order valence-corrected chi connectivity index (χ1v) is 7.63. The molecule has 0 aliphatic heterocycles. The number of alkyl halides is 1. The second-order valence-corrected chi connectivity index (χ2v) is 5.30. The molecule has 3 rings (SSSR count). The second-order valence-electron chi connectivity index (χ2n) is 5.30. The average molecular weight is 320 g/mol. The normalized spacial score (nSPS) is 10.2. The van der Waals surface area contributed by atoms with Gasteiger partial charge in [0.05, 0.1) is 0 Å². The maximum atomic E-state index is 12.5. The molecule has 0 aliphatic rings. The Morgan fingerprint density at radius 2 is 1.54 bits per heavy atom. The van der Waals surface area contributed by atoms with E-state index in [9.17, 15) is 9.18 Å². The van der Waals surface area contributed by atoms with Crippen LogP contribution in [0.15, 0.2) is 78.9 Å². The van der Waals surface area contributed by atoms with Gasteiger partial charge in [-0.3, -0.25) is 4.79 Å². The fourth-order valence-electron chi connectivity index (χ4n) is 2.48. The number of benzene rings is 3. The number of hydrogen-bond donors (Lipinski definition) is 2. The summed E-state index contributed by atoms with van der Waals surface area (Å²) in [5, 5.41) is 5.93. The molecule has 0 spiro atoms. The Bertz CT molecular complexity index is 834. The highest BCUT2D eigenvalue weighted by molar-refractivity contribution is 5.96. The van der Waals surface area contributed by atoms with Crippen LogP contribution in [0.25, 0.3) is 11.1 Å². The minimum atomic E-state index is -1.04. The molecule has 0 radical (unpaired) electrons. The maximum Gasteiger partial charge on any atom is 0.255 e. The molecular weight excluding hydrogens is 303 g/mol. The van der Waals surface area contributed by atoms with Gasteiger partial charge in [-0.25, -0.2) is 4.39 Å². The zero-order chi connectivity index (χ0) is 16.8. The fraction of sp³-hybridized carbons (Fsp3) is 0.0500. The first kappa shape index (κ1) is 15.7. The summed E-state index contributed by atoms with van der Waals surface area (Å²) >= 11 is 0. The standard InChI is InChI=1S/C20H17FN2O/c21-14-20(24)23-19-12-5-4-11-18(19)15-7-6-10-17(13-15)22-16-8-2-1-3-9-16/h1-13,22H,14H2,(H,23,24). The summed E-state index contributed by atoms with van der Waals surface area (Å²) in [5.41, 5.74) is 4.30. The summed E-state index contributed by atoms with van der Waals surface area (Å²) in [4.78, 5) is 11.4. The van der Waals surface area contributed by atoms with Crippen molar-refractivity contribution in [3.63, 3.8) is 0 Å². The van der Waals surface area contributed by atoms with E-state index in [1.807, 2.05) is 72.8 Å². The number of halogens is 1. The molecule has 1 amide bonds. The summed E-state index contributed by atoms with van der Waals surface area (Å²) in [6.07, 6.45) is 0. The van der Waals surface area contributed by atoms with Crippen LogP contribution in [0.1, 0.15) is 0 Å². The first-order valence-electron chi connectivity index (χ1n) is 7.63. The lowest BCUT2D eigenvalue weighted by molar-refractivity contribution is -0.117.